The van der Waals surface area contributed by atoms with Crippen molar-refractivity contribution < 1.29 is 29.1 Å². The molecule has 0 aliphatic carbocycles. The molecule has 0 spiro atoms. The molecule has 0 aromatic carbocycles. The molecule has 4 atom stereocenters. The predicted molar refractivity (Wildman–Crippen MR) is 87.3 cm³/mol. The van der Waals surface area contributed by atoms with E-state index in [1.807, 2.05) is 0 Å². The van der Waals surface area contributed by atoms with Gasteiger partial charge in [-0.15, -0.1) is 0 Å². The van der Waals surface area contributed by atoms with Crippen molar-refractivity contribution in [3.05, 3.63) is 11.7 Å². The summed E-state index contributed by atoms with van der Waals surface area (Å²) in [7, 11) is 0. The van der Waals surface area contributed by atoms with Crippen LogP contribution < -0.4 is 22.1 Å². The van der Waals surface area contributed by atoms with Crippen molar-refractivity contribution >= 4 is 17.7 Å². The summed E-state index contributed by atoms with van der Waals surface area (Å²) in [5.41, 5.74) is 9.19. The van der Waals surface area contributed by atoms with Gasteiger partial charge in [-0.25, -0.2) is 4.79 Å². The fourth-order valence-electron chi connectivity index (χ4n) is 1.94. The van der Waals surface area contributed by atoms with Crippen LogP contribution in [-0.4, -0.2) is 56.3 Å². The van der Waals surface area contributed by atoms with Crippen LogP contribution in [0.5, 0.6) is 0 Å². The molecule has 1 aromatic heterocycles. The van der Waals surface area contributed by atoms with Crippen molar-refractivity contribution in [2.24, 2.45) is 11.5 Å². The maximum atomic E-state index is 12.2. The number of carbonyl (C=O) groups excluding carboxylic acids is 3. The minimum atomic E-state index is -1.54. The molecule has 0 unspecified atom stereocenters. The lowest BCUT2D eigenvalue weighted by molar-refractivity contribution is -0.126. The second-order valence-corrected chi connectivity index (χ2v) is 6.04. The standard InChI is InChI=1S/C14H24N6O6/c1-6(22)14(3,7(2)23)19-13(25)17-9(4-10(16)24)12-18-11(20-26-12)8(15)5-21/h6,8-9,21-22H,4-5,15H2,1-3H3,(H2,16,24)(H2,17,19,25)/t6-,8-,9+,14-/m1/s1. The summed E-state index contributed by atoms with van der Waals surface area (Å²) in [6.45, 7) is 3.49. The lowest BCUT2D eigenvalue weighted by Crippen LogP contribution is -2.60. The molecule has 0 aliphatic heterocycles. The summed E-state index contributed by atoms with van der Waals surface area (Å²) in [5.74, 6) is -1.40. The van der Waals surface area contributed by atoms with Crippen LogP contribution in [0.3, 0.4) is 0 Å². The van der Waals surface area contributed by atoms with Crippen LogP contribution in [0.2, 0.25) is 0 Å². The van der Waals surface area contributed by atoms with Crippen LogP contribution in [-0.2, 0) is 9.59 Å². The smallest absolute Gasteiger partial charge is 0.316 e. The second-order valence-electron chi connectivity index (χ2n) is 6.04. The van der Waals surface area contributed by atoms with E-state index in [1.165, 1.54) is 20.8 Å². The number of nitrogens with two attached hydrogens (primary N) is 2. The summed E-state index contributed by atoms with van der Waals surface area (Å²) >= 11 is 0. The first kappa shape index (κ1) is 21.5. The highest BCUT2D eigenvalue weighted by Gasteiger charge is 2.37. The zero-order valence-corrected chi connectivity index (χ0v) is 14.7. The Morgan fingerprint density at radius 2 is 2.00 bits per heavy atom. The molecule has 1 heterocycles. The third kappa shape index (κ3) is 5.21. The van der Waals surface area contributed by atoms with E-state index in [0.717, 1.165) is 0 Å². The lowest BCUT2D eigenvalue weighted by Gasteiger charge is -2.31. The number of amides is 3. The summed E-state index contributed by atoms with van der Waals surface area (Å²) in [5, 5.41) is 27.1. The minimum absolute atomic E-state index is 0.0169. The van der Waals surface area contributed by atoms with E-state index in [1.54, 1.807) is 0 Å². The molecule has 12 nitrogen and oxygen atoms in total. The van der Waals surface area contributed by atoms with Gasteiger partial charge in [0.15, 0.2) is 11.6 Å². The molecule has 12 heteroatoms. The van der Waals surface area contributed by atoms with Gasteiger partial charge >= 0.3 is 6.03 Å². The maximum Gasteiger partial charge on any atom is 0.316 e. The number of hydrogen-bond donors (Lipinski definition) is 6. The number of primary amides is 1. The van der Waals surface area contributed by atoms with Gasteiger partial charge in [0, 0.05) is 0 Å². The number of rotatable bonds is 9. The molecule has 1 rings (SSSR count). The number of ketones is 1. The summed E-state index contributed by atoms with van der Waals surface area (Å²) in [6.07, 6.45) is -1.53. The van der Waals surface area contributed by atoms with Crippen molar-refractivity contribution in [2.75, 3.05) is 6.61 Å². The Kier molecular flexibility index (Phi) is 7.18. The zero-order chi connectivity index (χ0) is 20.1. The Hall–Kier alpha value is -2.57. The monoisotopic (exact) mass is 372 g/mol. The van der Waals surface area contributed by atoms with Gasteiger partial charge in [0.05, 0.1) is 25.2 Å². The summed E-state index contributed by atoms with van der Waals surface area (Å²) < 4.78 is 4.96. The van der Waals surface area contributed by atoms with Crippen molar-refractivity contribution in [1.29, 1.82) is 0 Å². The van der Waals surface area contributed by atoms with Crippen LogP contribution >= 0.6 is 0 Å². The van der Waals surface area contributed by atoms with Gasteiger partial charge in [-0.1, -0.05) is 5.16 Å². The molecule has 0 fully saturated rings. The largest absolute Gasteiger partial charge is 0.394 e. The normalized spacial score (nSPS) is 16.8. The molecular weight excluding hydrogens is 348 g/mol. The van der Waals surface area contributed by atoms with Crippen LogP contribution in [0.25, 0.3) is 0 Å². The van der Waals surface area contributed by atoms with E-state index in [9.17, 15) is 19.5 Å². The van der Waals surface area contributed by atoms with Gasteiger partial charge in [0.1, 0.15) is 11.6 Å². The number of nitrogens with one attached hydrogen (secondary N) is 2. The first-order valence-electron chi connectivity index (χ1n) is 7.77. The predicted octanol–water partition coefficient (Wildman–Crippen LogP) is -1.99. The first-order chi connectivity index (χ1) is 12.0. The average Bonchev–Trinajstić information content (AvgIpc) is 3.02. The van der Waals surface area contributed by atoms with E-state index >= 15 is 0 Å². The molecule has 146 valence electrons. The Morgan fingerprint density at radius 3 is 2.46 bits per heavy atom. The quantitative estimate of drug-likeness (QED) is 0.283. The van der Waals surface area contributed by atoms with E-state index in [2.05, 4.69) is 20.8 Å². The van der Waals surface area contributed by atoms with Gasteiger partial charge < -0.3 is 36.8 Å². The average molecular weight is 372 g/mol. The highest BCUT2D eigenvalue weighted by atomic mass is 16.5. The molecule has 3 amide bonds. The fraction of sp³-hybridized carbons (Fsp3) is 0.643. The van der Waals surface area contributed by atoms with Crippen molar-refractivity contribution in [3.8, 4) is 0 Å². The molecule has 26 heavy (non-hydrogen) atoms. The van der Waals surface area contributed by atoms with Crippen LogP contribution in [0.4, 0.5) is 4.79 Å². The maximum absolute atomic E-state index is 12.2. The molecule has 0 saturated heterocycles. The number of carbonyl (C=O) groups is 3. The number of aromatic nitrogens is 2. The van der Waals surface area contributed by atoms with E-state index < -0.39 is 48.1 Å². The highest BCUT2D eigenvalue weighted by molar-refractivity contribution is 5.91. The second kappa shape index (κ2) is 8.69. The van der Waals surface area contributed by atoms with Crippen LogP contribution in [0.15, 0.2) is 4.52 Å². The van der Waals surface area contributed by atoms with E-state index in [-0.39, 0.29) is 18.1 Å². The van der Waals surface area contributed by atoms with E-state index in [4.69, 9.17) is 21.1 Å². The third-order valence-corrected chi connectivity index (χ3v) is 3.93. The van der Waals surface area contributed by atoms with Gasteiger partial charge in [-0.05, 0) is 20.8 Å². The van der Waals surface area contributed by atoms with Crippen LogP contribution in [0, 0.1) is 0 Å². The number of hydrogen-bond acceptors (Lipinski definition) is 9. The molecule has 8 N–H and O–H groups in total. The van der Waals surface area contributed by atoms with Gasteiger partial charge in [0.25, 0.3) is 0 Å². The van der Waals surface area contributed by atoms with Crippen molar-refractivity contribution in [1.82, 2.24) is 20.8 Å². The van der Waals surface area contributed by atoms with Gasteiger partial charge in [-0.2, -0.15) is 4.98 Å². The Morgan fingerprint density at radius 1 is 1.38 bits per heavy atom. The molecule has 0 aliphatic rings. The molecule has 1 aromatic rings. The summed E-state index contributed by atoms with van der Waals surface area (Å²) in [4.78, 5) is 39.2. The Labute approximate surface area is 149 Å². The Balaban J connectivity index is 2.97. The molecule has 0 bridgehead atoms. The zero-order valence-electron chi connectivity index (χ0n) is 14.7. The fourth-order valence-corrected chi connectivity index (χ4v) is 1.94. The topological polar surface area (TPSA) is 207 Å². The van der Waals surface area contributed by atoms with Gasteiger partial charge in [-0.3, -0.25) is 9.59 Å². The summed E-state index contributed by atoms with van der Waals surface area (Å²) in [6, 6.07) is -2.85. The molecule has 0 saturated carbocycles. The van der Waals surface area contributed by atoms with Crippen molar-refractivity contribution in [2.45, 2.75) is 50.9 Å². The highest BCUT2D eigenvalue weighted by Crippen LogP contribution is 2.17. The Bertz CT molecular complexity index is 662. The lowest BCUT2D eigenvalue weighted by atomic mass is 9.91. The van der Waals surface area contributed by atoms with Crippen molar-refractivity contribution in [3.63, 3.8) is 0 Å². The molecular formula is C14H24N6O6. The van der Waals surface area contributed by atoms with Crippen LogP contribution in [0.1, 0.15) is 51.0 Å². The number of aliphatic hydroxyl groups excluding tert-OH is 2. The first-order valence-corrected chi connectivity index (χ1v) is 7.77. The number of Topliss-reactive ketones (excluding diaryl/α,β-unsaturated/α-hetero) is 1. The molecule has 0 radical (unpaired) electrons. The SMILES string of the molecule is CC(=O)[C@](C)(NC(=O)N[C@@H](CC(N)=O)c1nc([C@H](N)CO)no1)[C@@H](C)O. The number of urea groups is 1. The minimum Gasteiger partial charge on any atom is -0.394 e. The van der Waals surface area contributed by atoms with E-state index in [0.29, 0.717) is 0 Å². The number of nitrogens with zero attached hydrogens (tertiary/aromatic N) is 2. The third-order valence-electron chi connectivity index (χ3n) is 3.93. The van der Waals surface area contributed by atoms with Gasteiger partial charge in [0.2, 0.25) is 11.8 Å². The number of aliphatic hydroxyl groups is 2.